The Morgan fingerprint density at radius 1 is 1.00 bits per heavy atom. The fraction of sp³-hybridized carbons (Fsp3) is 0.278. The molecule has 0 fully saturated rings. The summed E-state index contributed by atoms with van der Waals surface area (Å²) in [5.41, 5.74) is 4.25. The minimum atomic E-state index is 0.659. The highest BCUT2D eigenvalue weighted by atomic mass is 16.5. The van der Waals surface area contributed by atoms with Gasteiger partial charge >= 0.3 is 0 Å². The Morgan fingerprint density at radius 3 is 2.67 bits per heavy atom. The van der Waals surface area contributed by atoms with Crippen molar-refractivity contribution in [1.82, 2.24) is 0 Å². The summed E-state index contributed by atoms with van der Waals surface area (Å²) in [6, 6.07) is 16.3. The Morgan fingerprint density at radius 2 is 1.86 bits per heavy atom. The summed E-state index contributed by atoms with van der Waals surface area (Å²) in [6.45, 7) is 0.659. The van der Waals surface area contributed by atoms with E-state index in [0.717, 1.165) is 42.7 Å². The predicted octanol–water partition coefficient (Wildman–Crippen LogP) is 3.82. The zero-order chi connectivity index (χ0) is 14.5. The maximum atomic E-state index is 9.10. The van der Waals surface area contributed by atoms with Gasteiger partial charge in [0.15, 0.2) is 0 Å². The fourth-order valence-corrected chi connectivity index (χ4v) is 2.82. The molecule has 3 heteroatoms. The third-order valence-electron chi connectivity index (χ3n) is 3.90. The van der Waals surface area contributed by atoms with E-state index >= 15 is 0 Å². The monoisotopic (exact) mass is 281 g/mol. The molecule has 2 aromatic carbocycles. The third kappa shape index (κ3) is 3.07. The molecule has 1 aliphatic rings. The highest BCUT2D eigenvalue weighted by Gasteiger charge is 2.19. The van der Waals surface area contributed by atoms with Crippen molar-refractivity contribution in [1.29, 1.82) is 0 Å². The van der Waals surface area contributed by atoms with Crippen LogP contribution in [-0.4, -0.2) is 17.5 Å². The molecule has 0 spiro atoms. The second-order valence-electron chi connectivity index (χ2n) is 5.27. The summed E-state index contributed by atoms with van der Waals surface area (Å²) in [4.78, 5) is 0. The Hall–Kier alpha value is -2.29. The third-order valence-corrected chi connectivity index (χ3v) is 3.90. The van der Waals surface area contributed by atoms with Gasteiger partial charge in [-0.05, 0) is 30.9 Å². The van der Waals surface area contributed by atoms with Gasteiger partial charge in [0, 0.05) is 17.5 Å². The van der Waals surface area contributed by atoms with E-state index in [1.54, 1.807) is 0 Å². The quantitative estimate of drug-likeness (QED) is 0.683. The molecule has 3 nitrogen and oxygen atoms in total. The van der Waals surface area contributed by atoms with E-state index in [4.69, 9.17) is 9.94 Å². The first-order valence-corrected chi connectivity index (χ1v) is 7.38. The molecule has 0 aliphatic heterocycles. The maximum absolute atomic E-state index is 9.10. The Kier molecular flexibility index (Phi) is 4.20. The van der Waals surface area contributed by atoms with Gasteiger partial charge in [-0.3, -0.25) is 0 Å². The van der Waals surface area contributed by atoms with Crippen LogP contribution in [0.3, 0.4) is 0 Å². The zero-order valence-corrected chi connectivity index (χ0v) is 12.0. The van der Waals surface area contributed by atoms with Crippen LogP contribution < -0.4 is 4.74 Å². The molecule has 0 amide bonds. The summed E-state index contributed by atoms with van der Waals surface area (Å²) in [5, 5.41) is 12.5. The van der Waals surface area contributed by atoms with Crippen LogP contribution in [0.2, 0.25) is 0 Å². The number of hydrogen-bond acceptors (Lipinski definition) is 3. The van der Waals surface area contributed by atoms with Crippen molar-refractivity contribution < 1.29 is 9.94 Å². The van der Waals surface area contributed by atoms with E-state index in [2.05, 4.69) is 17.3 Å². The average molecular weight is 281 g/mol. The molecular weight excluding hydrogens is 262 g/mol. The summed E-state index contributed by atoms with van der Waals surface area (Å²) in [5.74, 6) is 0.921. The first-order chi connectivity index (χ1) is 10.4. The van der Waals surface area contributed by atoms with Gasteiger partial charge in [-0.1, -0.05) is 47.6 Å². The van der Waals surface area contributed by atoms with Gasteiger partial charge in [-0.2, -0.15) is 0 Å². The minimum Gasteiger partial charge on any atom is -0.493 e. The van der Waals surface area contributed by atoms with Crippen molar-refractivity contribution in [2.24, 2.45) is 5.16 Å². The number of rotatable bonds is 4. The summed E-state index contributed by atoms with van der Waals surface area (Å²) in [7, 11) is 0. The molecule has 0 unspecified atom stereocenters. The second-order valence-corrected chi connectivity index (χ2v) is 5.27. The molecule has 108 valence electrons. The van der Waals surface area contributed by atoms with Crippen LogP contribution in [0.15, 0.2) is 53.7 Å². The molecule has 3 rings (SSSR count). The molecular formula is C18H19NO2. The molecule has 21 heavy (non-hydrogen) atoms. The first kappa shape index (κ1) is 13.7. The van der Waals surface area contributed by atoms with Crippen molar-refractivity contribution in [3.05, 3.63) is 65.2 Å². The average Bonchev–Trinajstić information content (AvgIpc) is 2.55. The van der Waals surface area contributed by atoms with Crippen molar-refractivity contribution in [2.45, 2.75) is 25.7 Å². The van der Waals surface area contributed by atoms with E-state index in [9.17, 15) is 0 Å². The lowest BCUT2D eigenvalue weighted by atomic mass is 9.89. The van der Waals surface area contributed by atoms with Crippen molar-refractivity contribution in [3.63, 3.8) is 0 Å². The molecule has 2 aromatic rings. The number of oxime groups is 1. The van der Waals surface area contributed by atoms with E-state index in [1.807, 2.05) is 36.4 Å². The van der Waals surface area contributed by atoms with Crippen molar-refractivity contribution in [3.8, 4) is 5.75 Å². The molecule has 1 N–H and O–H groups in total. The lowest BCUT2D eigenvalue weighted by Crippen LogP contribution is -2.14. The maximum Gasteiger partial charge on any atom is 0.123 e. The van der Waals surface area contributed by atoms with Gasteiger partial charge in [0.05, 0.1) is 12.3 Å². The number of nitrogens with zero attached hydrogens (tertiary/aromatic N) is 1. The van der Waals surface area contributed by atoms with Crippen molar-refractivity contribution in [2.75, 3.05) is 6.61 Å². The number of benzene rings is 2. The topological polar surface area (TPSA) is 41.8 Å². The number of hydrogen-bond donors (Lipinski definition) is 1. The number of fused-ring (bicyclic) bond motifs is 1. The normalized spacial score (nSPS) is 15.7. The SMILES string of the molecule is ON=C1CCCc2c(OCCc3ccccc3)cccc21. The van der Waals surface area contributed by atoms with E-state index in [0.29, 0.717) is 6.61 Å². The molecule has 0 heterocycles. The zero-order valence-electron chi connectivity index (χ0n) is 12.0. The van der Waals surface area contributed by atoms with E-state index in [-0.39, 0.29) is 0 Å². The fourth-order valence-electron chi connectivity index (χ4n) is 2.82. The predicted molar refractivity (Wildman–Crippen MR) is 83.3 cm³/mol. The molecule has 0 bridgehead atoms. The van der Waals surface area contributed by atoms with Gasteiger partial charge < -0.3 is 9.94 Å². The standard InChI is InChI=1S/C18H19NO2/c20-19-17-10-4-9-16-15(17)8-5-11-18(16)21-13-12-14-6-2-1-3-7-14/h1-3,5-8,11,20H,4,9-10,12-13H2. The second kappa shape index (κ2) is 6.44. The van der Waals surface area contributed by atoms with Gasteiger partial charge in [0.25, 0.3) is 0 Å². The van der Waals surface area contributed by atoms with Crippen LogP contribution in [0.1, 0.15) is 29.5 Å². The van der Waals surface area contributed by atoms with Crippen LogP contribution in [0, 0.1) is 0 Å². The molecule has 0 aromatic heterocycles. The molecule has 0 atom stereocenters. The van der Waals surface area contributed by atoms with Gasteiger partial charge in [-0.15, -0.1) is 0 Å². The van der Waals surface area contributed by atoms with Gasteiger partial charge in [-0.25, -0.2) is 0 Å². The first-order valence-electron chi connectivity index (χ1n) is 7.38. The van der Waals surface area contributed by atoms with Crippen molar-refractivity contribution >= 4 is 5.71 Å². The van der Waals surface area contributed by atoms with Crippen LogP contribution in [0.4, 0.5) is 0 Å². The smallest absolute Gasteiger partial charge is 0.123 e. The highest BCUT2D eigenvalue weighted by molar-refractivity contribution is 6.02. The van der Waals surface area contributed by atoms with Gasteiger partial charge in [0.1, 0.15) is 5.75 Å². The van der Waals surface area contributed by atoms with E-state index < -0.39 is 0 Å². The molecule has 0 saturated heterocycles. The number of ether oxygens (including phenoxy) is 1. The molecule has 0 saturated carbocycles. The van der Waals surface area contributed by atoms with Crippen LogP contribution in [0.5, 0.6) is 5.75 Å². The van der Waals surface area contributed by atoms with Gasteiger partial charge in [0.2, 0.25) is 0 Å². The minimum absolute atomic E-state index is 0.659. The lowest BCUT2D eigenvalue weighted by molar-refractivity contribution is 0.314. The Balaban J connectivity index is 1.72. The lowest BCUT2D eigenvalue weighted by Gasteiger charge is -2.20. The largest absolute Gasteiger partial charge is 0.493 e. The molecule has 0 radical (unpaired) electrons. The van der Waals surface area contributed by atoms with Crippen LogP contribution in [-0.2, 0) is 12.8 Å². The summed E-state index contributed by atoms with van der Waals surface area (Å²) < 4.78 is 5.96. The van der Waals surface area contributed by atoms with Crippen LogP contribution >= 0.6 is 0 Å². The summed E-state index contributed by atoms with van der Waals surface area (Å²) >= 11 is 0. The highest BCUT2D eigenvalue weighted by Crippen LogP contribution is 2.30. The molecule has 1 aliphatic carbocycles. The van der Waals surface area contributed by atoms with Crippen LogP contribution in [0.25, 0.3) is 0 Å². The Bertz CT molecular complexity index is 635. The Labute approximate surface area is 124 Å². The van der Waals surface area contributed by atoms with E-state index in [1.165, 1.54) is 11.1 Å². The summed E-state index contributed by atoms with van der Waals surface area (Å²) in [6.07, 6.45) is 3.71.